The third-order valence-corrected chi connectivity index (χ3v) is 3.57. The van der Waals surface area contributed by atoms with Crippen molar-refractivity contribution >= 4 is 17.6 Å². The predicted octanol–water partition coefficient (Wildman–Crippen LogP) is 0.551. The first kappa shape index (κ1) is 14.9. The van der Waals surface area contributed by atoms with Gasteiger partial charge in [0.2, 0.25) is 5.91 Å². The summed E-state index contributed by atoms with van der Waals surface area (Å²) < 4.78 is 1.16. The van der Waals surface area contributed by atoms with Crippen LogP contribution in [-0.4, -0.2) is 37.7 Å². The van der Waals surface area contributed by atoms with E-state index in [0.29, 0.717) is 12.8 Å². The van der Waals surface area contributed by atoms with Crippen LogP contribution in [0.5, 0.6) is 0 Å². The standard InChI is InChI=1S/C12H16N4O5/c17-11(7-15-6-8(5-13-15)16(20)21)14-10-4-2-1-3-9(10)12(18)19/h5-6,9-10H,1-4,7H2,(H,14,17)(H,18,19). The van der Waals surface area contributed by atoms with Gasteiger partial charge in [-0.1, -0.05) is 12.8 Å². The van der Waals surface area contributed by atoms with Gasteiger partial charge in [0.05, 0.1) is 10.8 Å². The summed E-state index contributed by atoms with van der Waals surface area (Å²) in [6.45, 7) is -0.170. The summed E-state index contributed by atoms with van der Waals surface area (Å²) in [5.41, 5.74) is -0.191. The summed E-state index contributed by atoms with van der Waals surface area (Å²) in [6, 6.07) is -0.394. The van der Waals surface area contributed by atoms with Gasteiger partial charge in [-0.25, -0.2) is 0 Å². The molecule has 1 aromatic heterocycles. The number of carbonyl (C=O) groups excluding carboxylic acids is 1. The number of hydrogen-bond acceptors (Lipinski definition) is 5. The van der Waals surface area contributed by atoms with Gasteiger partial charge in [-0.3, -0.25) is 24.4 Å². The van der Waals surface area contributed by atoms with Gasteiger partial charge < -0.3 is 10.4 Å². The first-order valence-corrected chi connectivity index (χ1v) is 6.66. The van der Waals surface area contributed by atoms with E-state index in [4.69, 9.17) is 5.11 Å². The van der Waals surface area contributed by atoms with Crippen LogP contribution in [0.1, 0.15) is 25.7 Å². The fourth-order valence-corrected chi connectivity index (χ4v) is 2.53. The van der Waals surface area contributed by atoms with Crippen molar-refractivity contribution < 1.29 is 19.6 Å². The van der Waals surface area contributed by atoms with E-state index in [1.807, 2.05) is 0 Å². The molecule has 1 aromatic rings. The second kappa shape index (κ2) is 6.33. The van der Waals surface area contributed by atoms with E-state index in [2.05, 4.69) is 10.4 Å². The van der Waals surface area contributed by atoms with Gasteiger partial charge in [0.1, 0.15) is 18.9 Å². The highest BCUT2D eigenvalue weighted by molar-refractivity contribution is 5.78. The van der Waals surface area contributed by atoms with Gasteiger partial charge in [-0.15, -0.1) is 0 Å². The molecule has 1 aliphatic rings. The first-order chi connectivity index (χ1) is 9.97. The quantitative estimate of drug-likeness (QED) is 0.603. The Labute approximate surface area is 120 Å². The third-order valence-electron chi connectivity index (χ3n) is 3.57. The monoisotopic (exact) mass is 296 g/mol. The normalized spacial score (nSPS) is 21.7. The predicted molar refractivity (Wildman–Crippen MR) is 70.4 cm³/mol. The Morgan fingerprint density at radius 2 is 2.19 bits per heavy atom. The third kappa shape index (κ3) is 3.77. The molecule has 2 rings (SSSR count). The SMILES string of the molecule is O=C(Cn1cc([N+](=O)[O-])cn1)NC1CCCCC1C(=O)O. The first-order valence-electron chi connectivity index (χ1n) is 6.66. The van der Waals surface area contributed by atoms with Crippen molar-refractivity contribution in [3.8, 4) is 0 Å². The lowest BCUT2D eigenvalue weighted by atomic mass is 9.84. The van der Waals surface area contributed by atoms with E-state index in [0.717, 1.165) is 29.9 Å². The Bertz CT molecular complexity index is 556. The van der Waals surface area contributed by atoms with Crippen LogP contribution in [0.2, 0.25) is 0 Å². The lowest BCUT2D eigenvalue weighted by Gasteiger charge is -2.29. The average molecular weight is 296 g/mol. The molecule has 1 fully saturated rings. The van der Waals surface area contributed by atoms with Crippen LogP contribution in [0.3, 0.4) is 0 Å². The number of amides is 1. The maximum absolute atomic E-state index is 11.9. The molecule has 0 saturated heterocycles. The van der Waals surface area contributed by atoms with Crippen LogP contribution < -0.4 is 5.32 Å². The van der Waals surface area contributed by atoms with Crippen molar-refractivity contribution in [3.63, 3.8) is 0 Å². The van der Waals surface area contributed by atoms with Gasteiger partial charge in [-0.2, -0.15) is 5.10 Å². The molecule has 0 radical (unpaired) electrons. The Hall–Kier alpha value is -2.45. The number of rotatable bonds is 5. The van der Waals surface area contributed by atoms with Crippen LogP contribution in [0.4, 0.5) is 5.69 Å². The molecule has 21 heavy (non-hydrogen) atoms. The lowest BCUT2D eigenvalue weighted by Crippen LogP contribution is -2.46. The second-order valence-corrected chi connectivity index (χ2v) is 5.06. The Balaban J connectivity index is 1.93. The van der Waals surface area contributed by atoms with Crippen LogP contribution in [0.25, 0.3) is 0 Å². The highest BCUT2D eigenvalue weighted by Gasteiger charge is 2.31. The number of aliphatic carboxylic acids is 1. The average Bonchev–Trinajstić information content (AvgIpc) is 2.87. The maximum Gasteiger partial charge on any atom is 0.308 e. The Kier molecular flexibility index (Phi) is 4.51. The molecule has 114 valence electrons. The number of nitrogens with zero attached hydrogens (tertiary/aromatic N) is 3. The van der Waals surface area contributed by atoms with E-state index in [-0.39, 0.29) is 12.2 Å². The number of nitro groups is 1. The van der Waals surface area contributed by atoms with Crippen molar-refractivity contribution in [2.45, 2.75) is 38.3 Å². The van der Waals surface area contributed by atoms with Crippen molar-refractivity contribution in [2.75, 3.05) is 0 Å². The minimum atomic E-state index is -0.908. The number of hydrogen-bond donors (Lipinski definition) is 2. The smallest absolute Gasteiger partial charge is 0.308 e. The summed E-state index contributed by atoms with van der Waals surface area (Å²) >= 11 is 0. The summed E-state index contributed by atoms with van der Waals surface area (Å²) in [4.78, 5) is 33.0. The number of carboxylic acid groups (broad SMARTS) is 1. The van der Waals surface area contributed by atoms with Gasteiger partial charge in [0.15, 0.2) is 0 Å². The van der Waals surface area contributed by atoms with Gasteiger partial charge in [0.25, 0.3) is 0 Å². The van der Waals surface area contributed by atoms with Crippen molar-refractivity contribution in [3.05, 3.63) is 22.5 Å². The molecular weight excluding hydrogens is 280 g/mol. The fraction of sp³-hybridized carbons (Fsp3) is 0.583. The number of carbonyl (C=O) groups is 2. The van der Waals surface area contributed by atoms with Crippen molar-refractivity contribution in [1.82, 2.24) is 15.1 Å². The Morgan fingerprint density at radius 3 is 2.81 bits per heavy atom. The molecule has 2 atom stereocenters. The zero-order valence-electron chi connectivity index (χ0n) is 11.3. The minimum absolute atomic E-state index is 0.170. The van der Waals surface area contributed by atoms with Crippen LogP contribution >= 0.6 is 0 Å². The second-order valence-electron chi connectivity index (χ2n) is 5.06. The number of nitrogens with one attached hydrogen (secondary N) is 1. The van der Waals surface area contributed by atoms with Crippen LogP contribution in [0.15, 0.2) is 12.4 Å². The van der Waals surface area contributed by atoms with E-state index in [1.54, 1.807) is 0 Å². The fourth-order valence-electron chi connectivity index (χ4n) is 2.53. The molecule has 0 spiro atoms. The van der Waals surface area contributed by atoms with Crippen molar-refractivity contribution in [1.29, 1.82) is 0 Å². The molecule has 0 aromatic carbocycles. The lowest BCUT2D eigenvalue weighted by molar-refractivity contribution is -0.385. The zero-order chi connectivity index (χ0) is 15.4. The summed E-state index contributed by atoms with van der Waals surface area (Å²) in [5, 5.41) is 26.1. The molecule has 1 aliphatic carbocycles. The molecular formula is C12H16N4O5. The summed E-state index contributed by atoms with van der Waals surface area (Å²) in [5.74, 6) is -1.88. The molecule has 9 nitrogen and oxygen atoms in total. The zero-order valence-corrected chi connectivity index (χ0v) is 11.3. The van der Waals surface area contributed by atoms with Crippen LogP contribution in [-0.2, 0) is 16.1 Å². The largest absolute Gasteiger partial charge is 0.481 e. The minimum Gasteiger partial charge on any atom is -0.481 e. The molecule has 9 heteroatoms. The summed E-state index contributed by atoms with van der Waals surface area (Å²) in [6.07, 6.45) is 5.12. The molecule has 1 saturated carbocycles. The molecule has 2 N–H and O–H groups in total. The molecule has 0 aliphatic heterocycles. The van der Waals surface area contributed by atoms with Gasteiger partial charge in [-0.05, 0) is 12.8 Å². The molecule has 0 bridgehead atoms. The van der Waals surface area contributed by atoms with Crippen LogP contribution in [0, 0.1) is 16.0 Å². The maximum atomic E-state index is 11.9. The van der Waals surface area contributed by atoms with E-state index in [9.17, 15) is 19.7 Å². The number of carboxylic acids is 1. The molecule has 1 amide bonds. The topological polar surface area (TPSA) is 127 Å². The number of aromatic nitrogens is 2. The highest BCUT2D eigenvalue weighted by Crippen LogP contribution is 2.24. The summed E-state index contributed by atoms with van der Waals surface area (Å²) in [7, 11) is 0. The Morgan fingerprint density at radius 1 is 1.48 bits per heavy atom. The van der Waals surface area contributed by atoms with Gasteiger partial charge in [0, 0.05) is 6.04 Å². The molecule has 2 unspecified atom stereocenters. The van der Waals surface area contributed by atoms with Crippen molar-refractivity contribution in [2.24, 2.45) is 5.92 Å². The van der Waals surface area contributed by atoms with E-state index >= 15 is 0 Å². The van der Waals surface area contributed by atoms with E-state index < -0.39 is 28.8 Å². The highest BCUT2D eigenvalue weighted by atomic mass is 16.6. The van der Waals surface area contributed by atoms with E-state index in [1.165, 1.54) is 0 Å². The molecule has 1 heterocycles. The van der Waals surface area contributed by atoms with Gasteiger partial charge >= 0.3 is 11.7 Å².